The van der Waals surface area contributed by atoms with E-state index in [0.717, 1.165) is 16.7 Å². The van der Waals surface area contributed by atoms with Crippen molar-refractivity contribution in [2.75, 3.05) is 6.61 Å². The fourth-order valence-corrected chi connectivity index (χ4v) is 4.46. The molecule has 1 unspecified atom stereocenters. The first kappa shape index (κ1) is 23.1. The number of amides is 2. The minimum atomic E-state index is -0.639. The van der Waals surface area contributed by atoms with Gasteiger partial charge >= 0.3 is 6.09 Å². The number of rotatable bonds is 7. The zero-order valence-electron chi connectivity index (χ0n) is 19.6. The van der Waals surface area contributed by atoms with E-state index in [1.807, 2.05) is 115 Å². The van der Waals surface area contributed by atoms with Gasteiger partial charge in [-0.25, -0.2) is 9.69 Å². The van der Waals surface area contributed by atoms with Crippen LogP contribution in [0.1, 0.15) is 22.6 Å². The fourth-order valence-electron chi connectivity index (χ4n) is 4.46. The van der Waals surface area contributed by atoms with E-state index in [1.54, 1.807) is 6.08 Å². The summed E-state index contributed by atoms with van der Waals surface area (Å²) in [7, 11) is 0. The molecule has 0 aromatic heterocycles. The Morgan fingerprint density at radius 3 is 2.00 bits per heavy atom. The Kier molecular flexibility index (Phi) is 6.90. The van der Waals surface area contributed by atoms with E-state index in [9.17, 15) is 9.59 Å². The molecule has 1 heterocycles. The number of hydrogen-bond donors (Lipinski definition) is 0. The molecule has 4 aromatic rings. The highest BCUT2D eigenvalue weighted by Gasteiger charge is 2.42. The van der Waals surface area contributed by atoms with E-state index in [1.165, 1.54) is 11.0 Å². The molecule has 0 saturated carbocycles. The number of nitrogens with zero attached hydrogens (tertiary/aromatic N) is 1. The van der Waals surface area contributed by atoms with Crippen molar-refractivity contribution in [2.24, 2.45) is 0 Å². The second kappa shape index (κ2) is 10.7. The maximum atomic E-state index is 13.4. The average Bonchev–Trinajstić information content (AvgIpc) is 3.31. The van der Waals surface area contributed by atoms with Crippen LogP contribution in [0.3, 0.4) is 0 Å². The van der Waals surface area contributed by atoms with E-state index >= 15 is 0 Å². The minimum absolute atomic E-state index is 0.126. The van der Waals surface area contributed by atoms with E-state index in [0.29, 0.717) is 11.5 Å². The summed E-state index contributed by atoms with van der Waals surface area (Å²) < 4.78 is 11.4. The Hall–Kier alpha value is -4.64. The number of benzene rings is 4. The molecule has 1 aliphatic heterocycles. The predicted molar refractivity (Wildman–Crippen MR) is 139 cm³/mol. The molecule has 0 radical (unpaired) electrons. The summed E-state index contributed by atoms with van der Waals surface area (Å²) in [6.07, 6.45) is 2.43. The van der Waals surface area contributed by atoms with Crippen LogP contribution in [-0.2, 0) is 9.53 Å². The van der Waals surface area contributed by atoms with Crippen molar-refractivity contribution >= 4 is 18.1 Å². The minimum Gasteiger partial charge on any atom is -0.457 e. The Labute approximate surface area is 210 Å². The van der Waals surface area contributed by atoms with Crippen molar-refractivity contribution < 1.29 is 19.1 Å². The van der Waals surface area contributed by atoms with E-state index in [-0.39, 0.29) is 12.5 Å². The van der Waals surface area contributed by atoms with Crippen molar-refractivity contribution in [1.82, 2.24) is 4.90 Å². The largest absolute Gasteiger partial charge is 0.457 e. The maximum Gasteiger partial charge on any atom is 0.417 e. The molecule has 4 aromatic carbocycles. The molecule has 5 heteroatoms. The standard InChI is InChI=1S/C31H25NO4/c33-29(21-20-23-12-10-11-19-28(23)36-26-17-8-3-9-18-26)32-27(22-35-31(32)34)30(24-13-4-1-5-14-24)25-15-6-2-7-16-25/h1-21,27,30H,22H2/b21-20+. The maximum absolute atomic E-state index is 13.4. The lowest BCUT2D eigenvalue weighted by atomic mass is 9.85. The first-order chi connectivity index (χ1) is 17.7. The van der Waals surface area contributed by atoms with Gasteiger partial charge in [0.2, 0.25) is 0 Å². The first-order valence-corrected chi connectivity index (χ1v) is 11.8. The molecule has 178 valence electrons. The lowest BCUT2D eigenvalue weighted by Crippen LogP contribution is -2.42. The zero-order valence-corrected chi connectivity index (χ0v) is 19.6. The van der Waals surface area contributed by atoms with Gasteiger partial charge < -0.3 is 9.47 Å². The monoisotopic (exact) mass is 475 g/mol. The van der Waals surface area contributed by atoms with Gasteiger partial charge in [0.1, 0.15) is 18.1 Å². The van der Waals surface area contributed by atoms with Gasteiger partial charge in [-0.1, -0.05) is 97.1 Å². The van der Waals surface area contributed by atoms with Crippen molar-refractivity contribution in [3.63, 3.8) is 0 Å². The first-order valence-electron chi connectivity index (χ1n) is 11.8. The van der Waals surface area contributed by atoms with Crippen LogP contribution in [0.4, 0.5) is 4.79 Å². The number of imide groups is 1. The van der Waals surface area contributed by atoms with E-state index in [2.05, 4.69) is 0 Å². The Bertz CT molecular complexity index is 1310. The quantitative estimate of drug-likeness (QED) is 0.280. The highest BCUT2D eigenvalue weighted by Crippen LogP contribution is 2.34. The molecule has 1 atom stereocenters. The lowest BCUT2D eigenvalue weighted by Gasteiger charge is -2.28. The predicted octanol–water partition coefficient (Wildman–Crippen LogP) is 6.67. The van der Waals surface area contributed by atoms with Crippen LogP contribution < -0.4 is 4.74 Å². The summed E-state index contributed by atoms with van der Waals surface area (Å²) in [5.74, 6) is 0.653. The molecule has 1 saturated heterocycles. The van der Waals surface area contributed by atoms with Gasteiger partial charge in [0.25, 0.3) is 5.91 Å². The normalized spacial score (nSPS) is 15.3. The third kappa shape index (κ3) is 5.05. The summed E-state index contributed by atoms with van der Waals surface area (Å²) >= 11 is 0. The fraction of sp³-hybridized carbons (Fsp3) is 0.0968. The van der Waals surface area contributed by atoms with Crippen molar-refractivity contribution in [1.29, 1.82) is 0 Å². The SMILES string of the molecule is O=C(/C=C/c1ccccc1Oc1ccccc1)N1C(=O)OCC1C(c1ccccc1)c1ccccc1. The van der Waals surface area contributed by atoms with Crippen LogP contribution in [0.25, 0.3) is 6.08 Å². The van der Waals surface area contributed by atoms with Gasteiger partial charge in [-0.15, -0.1) is 0 Å². The highest BCUT2D eigenvalue weighted by atomic mass is 16.6. The molecule has 5 nitrogen and oxygen atoms in total. The molecule has 1 fully saturated rings. The number of cyclic esters (lactones) is 1. The average molecular weight is 476 g/mol. The molecular weight excluding hydrogens is 450 g/mol. The zero-order chi connectivity index (χ0) is 24.7. The Morgan fingerprint density at radius 2 is 1.36 bits per heavy atom. The molecule has 0 bridgehead atoms. The van der Waals surface area contributed by atoms with E-state index in [4.69, 9.17) is 9.47 Å². The van der Waals surface area contributed by atoms with Crippen molar-refractivity contribution in [3.8, 4) is 11.5 Å². The summed E-state index contributed by atoms with van der Waals surface area (Å²) in [6, 6.07) is 36.2. The molecule has 0 aliphatic carbocycles. The highest BCUT2D eigenvalue weighted by molar-refractivity contribution is 6.02. The summed E-state index contributed by atoms with van der Waals surface area (Å²) in [5.41, 5.74) is 2.74. The van der Waals surface area contributed by atoms with Crippen LogP contribution in [0.5, 0.6) is 11.5 Å². The third-order valence-corrected chi connectivity index (χ3v) is 6.14. The lowest BCUT2D eigenvalue weighted by molar-refractivity contribution is -0.124. The van der Waals surface area contributed by atoms with Gasteiger partial charge in [0, 0.05) is 17.6 Å². The molecule has 36 heavy (non-hydrogen) atoms. The van der Waals surface area contributed by atoms with Crippen molar-refractivity contribution in [2.45, 2.75) is 12.0 Å². The number of carbonyl (C=O) groups excluding carboxylic acids is 2. The molecular formula is C31H25NO4. The summed E-state index contributed by atoms with van der Waals surface area (Å²) in [5, 5.41) is 0. The number of hydrogen-bond acceptors (Lipinski definition) is 4. The number of carbonyl (C=O) groups is 2. The molecule has 5 rings (SSSR count). The van der Waals surface area contributed by atoms with E-state index < -0.39 is 18.0 Å². The third-order valence-electron chi connectivity index (χ3n) is 6.14. The van der Waals surface area contributed by atoms with Crippen LogP contribution in [0.15, 0.2) is 121 Å². The number of para-hydroxylation sites is 2. The second-order valence-electron chi connectivity index (χ2n) is 8.44. The smallest absolute Gasteiger partial charge is 0.417 e. The number of ether oxygens (including phenoxy) is 2. The van der Waals surface area contributed by atoms with Crippen LogP contribution in [0, 0.1) is 0 Å². The van der Waals surface area contributed by atoms with Crippen LogP contribution in [0.2, 0.25) is 0 Å². The molecule has 0 spiro atoms. The Morgan fingerprint density at radius 1 is 0.806 bits per heavy atom. The topological polar surface area (TPSA) is 55.8 Å². The van der Waals surface area contributed by atoms with Crippen LogP contribution in [-0.4, -0.2) is 29.5 Å². The van der Waals surface area contributed by atoms with Crippen molar-refractivity contribution in [3.05, 3.63) is 138 Å². The molecule has 1 aliphatic rings. The van der Waals surface area contributed by atoms with Gasteiger partial charge in [-0.3, -0.25) is 4.79 Å². The van der Waals surface area contributed by atoms with Gasteiger partial charge in [-0.2, -0.15) is 0 Å². The molecule has 0 N–H and O–H groups in total. The van der Waals surface area contributed by atoms with Gasteiger partial charge in [0.15, 0.2) is 0 Å². The van der Waals surface area contributed by atoms with Gasteiger partial charge in [-0.05, 0) is 35.4 Å². The Balaban J connectivity index is 1.43. The summed E-state index contributed by atoms with van der Waals surface area (Å²) in [4.78, 5) is 27.3. The van der Waals surface area contributed by atoms with Crippen LogP contribution >= 0.6 is 0 Å². The summed E-state index contributed by atoms with van der Waals surface area (Å²) in [6.45, 7) is 0.126. The van der Waals surface area contributed by atoms with Gasteiger partial charge in [0.05, 0.1) is 6.04 Å². The second-order valence-corrected chi connectivity index (χ2v) is 8.44. The molecule has 2 amide bonds.